The molecule has 0 saturated heterocycles. The number of hydrogen-bond acceptors (Lipinski definition) is 3. The van der Waals surface area contributed by atoms with E-state index >= 15 is 0 Å². The Morgan fingerprint density at radius 1 is 1.47 bits per heavy atom. The van der Waals surface area contributed by atoms with Crippen molar-refractivity contribution in [2.24, 2.45) is 0 Å². The van der Waals surface area contributed by atoms with Gasteiger partial charge in [0.25, 0.3) is 11.5 Å². The van der Waals surface area contributed by atoms with Crippen LogP contribution >= 0.6 is 0 Å². The van der Waals surface area contributed by atoms with Crippen LogP contribution in [0.25, 0.3) is 0 Å². The van der Waals surface area contributed by atoms with Crippen molar-refractivity contribution in [3.63, 3.8) is 0 Å². The summed E-state index contributed by atoms with van der Waals surface area (Å²) < 4.78 is 5.18. The van der Waals surface area contributed by atoms with Crippen molar-refractivity contribution in [2.75, 3.05) is 5.32 Å². The monoisotopic (exact) mass is 207 g/mol. The van der Waals surface area contributed by atoms with Crippen LogP contribution in [0.15, 0.2) is 24.3 Å². The molecule has 0 radical (unpaired) electrons. The van der Waals surface area contributed by atoms with Crippen molar-refractivity contribution in [3.05, 3.63) is 24.3 Å². The van der Waals surface area contributed by atoms with Crippen LogP contribution in [0.4, 0.5) is 5.69 Å². The summed E-state index contributed by atoms with van der Waals surface area (Å²) in [5.74, 6) is -1.62. The molecule has 5 nitrogen and oxygen atoms in total. The van der Waals surface area contributed by atoms with Crippen molar-refractivity contribution < 1.29 is 19.4 Å². The molecule has 2 N–H and O–H groups in total. The smallest absolute Gasteiger partial charge is 0.357 e. The molecule has 2 rings (SSSR count). The Morgan fingerprint density at radius 2 is 2.13 bits per heavy atom. The number of carboxylic acid groups (broad SMARTS) is 1. The van der Waals surface area contributed by atoms with Crippen molar-refractivity contribution in [1.82, 2.24) is 0 Å². The van der Waals surface area contributed by atoms with Gasteiger partial charge in [0.15, 0.2) is 0 Å². The number of benzene rings is 1. The van der Waals surface area contributed by atoms with Crippen LogP contribution in [0.5, 0.6) is 5.75 Å². The van der Waals surface area contributed by atoms with E-state index in [2.05, 4.69) is 5.32 Å². The van der Waals surface area contributed by atoms with E-state index in [9.17, 15) is 9.59 Å². The van der Waals surface area contributed by atoms with Gasteiger partial charge in [-0.15, -0.1) is 0 Å². The van der Waals surface area contributed by atoms with Crippen LogP contribution in [-0.2, 0) is 9.59 Å². The highest BCUT2D eigenvalue weighted by Crippen LogP contribution is 2.33. The van der Waals surface area contributed by atoms with Crippen molar-refractivity contribution >= 4 is 17.6 Å². The normalized spacial score (nSPS) is 23.7. The minimum absolute atomic E-state index is 0.363. The molecule has 1 heterocycles. The molecule has 1 unspecified atom stereocenters. The van der Waals surface area contributed by atoms with Gasteiger partial charge in [0, 0.05) is 0 Å². The van der Waals surface area contributed by atoms with E-state index < -0.39 is 17.5 Å². The van der Waals surface area contributed by atoms with Gasteiger partial charge in [-0.05, 0) is 19.1 Å². The SMILES string of the molecule is CC1(C(=O)O)Oc2ccccc2NC1=O. The van der Waals surface area contributed by atoms with Gasteiger partial charge in [0.1, 0.15) is 5.75 Å². The first-order valence-electron chi connectivity index (χ1n) is 4.37. The number of carboxylic acids is 1. The number of anilines is 1. The van der Waals surface area contributed by atoms with Crippen LogP contribution in [0.1, 0.15) is 6.92 Å². The van der Waals surface area contributed by atoms with Crippen LogP contribution in [0.2, 0.25) is 0 Å². The van der Waals surface area contributed by atoms with Gasteiger partial charge in [-0.2, -0.15) is 0 Å². The number of aliphatic carboxylic acids is 1. The third-order valence-electron chi connectivity index (χ3n) is 2.29. The maximum absolute atomic E-state index is 11.5. The first kappa shape index (κ1) is 9.51. The number of fused-ring (bicyclic) bond motifs is 1. The number of hydrogen-bond donors (Lipinski definition) is 2. The number of ether oxygens (including phenoxy) is 1. The highest BCUT2D eigenvalue weighted by Gasteiger charge is 2.47. The van der Waals surface area contributed by atoms with Crippen LogP contribution in [0.3, 0.4) is 0 Å². The molecule has 1 aliphatic heterocycles. The van der Waals surface area contributed by atoms with Gasteiger partial charge in [-0.25, -0.2) is 4.79 Å². The maximum atomic E-state index is 11.5. The maximum Gasteiger partial charge on any atom is 0.357 e. The number of amides is 1. The average molecular weight is 207 g/mol. The van der Waals surface area contributed by atoms with E-state index in [0.717, 1.165) is 0 Å². The fourth-order valence-corrected chi connectivity index (χ4v) is 1.31. The third-order valence-corrected chi connectivity index (χ3v) is 2.29. The summed E-state index contributed by atoms with van der Waals surface area (Å²) in [6, 6.07) is 6.69. The third kappa shape index (κ3) is 1.32. The van der Waals surface area contributed by atoms with Gasteiger partial charge in [-0.3, -0.25) is 4.79 Å². The zero-order valence-corrected chi connectivity index (χ0v) is 7.98. The molecule has 1 aromatic carbocycles. The van der Waals surface area contributed by atoms with E-state index in [1.54, 1.807) is 24.3 Å². The highest BCUT2D eigenvalue weighted by atomic mass is 16.5. The Kier molecular flexibility index (Phi) is 1.89. The lowest BCUT2D eigenvalue weighted by atomic mass is 10.0. The summed E-state index contributed by atoms with van der Waals surface area (Å²) >= 11 is 0. The number of carbonyl (C=O) groups is 2. The molecule has 78 valence electrons. The molecule has 1 amide bonds. The second-order valence-corrected chi connectivity index (χ2v) is 3.39. The summed E-state index contributed by atoms with van der Waals surface area (Å²) in [7, 11) is 0. The highest BCUT2D eigenvalue weighted by molar-refractivity contribution is 6.13. The summed E-state index contributed by atoms with van der Waals surface area (Å²) in [6.07, 6.45) is 0. The minimum atomic E-state index is -1.85. The number of rotatable bonds is 1. The number of para-hydroxylation sites is 2. The molecule has 0 bridgehead atoms. The number of carbonyl (C=O) groups excluding carboxylic acids is 1. The molecule has 15 heavy (non-hydrogen) atoms. The lowest BCUT2D eigenvalue weighted by molar-refractivity contribution is -0.159. The molecule has 1 atom stereocenters. The second kappa shape index (κ2) is 2.98. The standard InChI is InChI=1S/C10H9NO4/c1-10(9(13)14)8(12)11-6-4-2-3-5-7(6)15-10/h2-5H,1H3,(H,11,12)(H,13,14). The van der Waals surface area contributed by atoms with E-state index in [-0.39, 0.29) is 0 Å². The Labute approximate surface area is 85.7 Å². The van der Waals surface area contributed by atoms with Crippen LogP contribution in [-0.4, -0.2) is 22.6 Å². The summed E-state index contributed by atoms with van der Waals surface area (Å²) in [6.45, 7) is 1.22. The zero-order chi connectivity index (χ0) is 11.1. The molecule has 0 saturated carbocycles. The van der Waals surface area contributed by atoms with E-state index in [1.807, 2.05) is 0 Å². The lowest BCUT2D eigenvalue weighted by Gasteiger charge is -2.30. The Balaban J connectivity index is 2.46. The fraction of sp³-hybridized carbons (Fsp3) is 0.200. The molecular weight excluding hydrogens is 198 g/mol. The molecule has 1 aliphatic rings. The van der Waals surface area contributed by atoms with Crippen LogP contribution < -0.4 is 10.1 Å². The molecule has 0 aliphatic carbocycles. The number of nitrogens with one attached hydrogen (secondary N) is 1. The summed E-state index contributed by atoms with van der Waals surface area (Å²) in [5.41, 5.74) is -1.37. The van der Waals surface area contributed by atoms with Gasteiger partial charge in [0.05, 0.1) is 5.69 Å². The lowest BCUT2D eigenvalue weighted by Crippen LogP contribution is -2.54. The Hall–Kier alpha value is -2.04. The van der Waals surface area contributed by atoms with Crippen molar-refractivity contribution in [3.8, 4) is 5.75 Å². The largest absolute Gasteiger partial charge is 0.478 e. The van der Waals surface area contributed by atoms with E-state index in [1.165, 1.54) is 6.92 Å². The van der Waals surface area contributed by atoms with E-state index in [4.69, 9.17) is 9.84 Å². The molecule has 0 aromatic heterocycles. The van der Waals surface area contributed by atoms with Crippen molar-refractivity contribution in [1.29, 1.82) is 0 Å². The predicted octanol–water partition coefficient (Wildman–Crippen LogP) is 0.861. The van der Waals surface area contributed by atoms with Crippen LogP contribution in [0, 0.1) is 0 Å². The molecular formula is C10H9NO4. The van der Waals surface area contributed by atoms with Gasteiger partial charge < -0.3 is 15.2 Å². The topological polar surface area (TPSA) is 75.6 Å². The first-order chi connectivity index (χ1) is 7.04. The van der Waals surface area contributed by atoms with Crippen molar-refractivity contribution in [2.45, 2.75) is 12.5 Å². The summed E-state index contributed by atoms with van der Waals surface area (Å²) in [4.78, 5) is 22.4. The predicted molar refractivity (Wildman–Crippen MR) is 51.7 cm³/mol. The van der Waals surface area contributed by atoms with Gasteiger partial charge >= 0.3 is 5.97 Å². The van der Waals surface area contributed by atoms with E-state index in [0.29, 0.717) is 11.4 Å². The second-order valence-electron chi connectivity index (χ2n) is 3.39. The summed E-state index contributed by atoms with van der Waals surface area (Å²) in [5, 5.41) is 11.4. The first-order valence-corrected chi connectivity index (χ1v) is 4.37. The van der Waals surface area contributed by atoms with Gasteiger partial charge in [-0.1, -0.05) is 12.1 Å². The average Bonchev–Trinajstić information content (AvgIpc) is 2.19. The van der Waals surface area contributed by atoms with Gasteiger partial charge in [0.2, 0.25) is 0 Å². The molecule has 0 fully saturated rings. The molecule has 0 spiro atoms. The zero-order valence-electron chi connectivity index (χ0n) is 7.98. The molecule has 1 aromatic rings. The Morgan fingerprint density at radius 3 is 2.80 bits per heavy atom. The fourth-order valence-electron chi connectivity index (χ4n) is 1.31. The quantitative estimate of drug-likeness (QED) is 0.670. The molecule has 5 heteroatoms. The minimum Gasteiger partial charge on any atom is -0.478 e. The Bertz CT molecular complexity index is 443.